The molecule has 1 aromatic carbocycles. The van der Waals surface area contributed by atoms with Crippen molar-refractivity contribution in [2.45, 2.75) is 44.7 Å². The molecule has 0 spiro atoms. The van der Waals surface area contributed by atoms with E-state index in [0.29, 0.717) is 5.69 Å². The van der Waals surface area contributed by atoms with Gasteiger partial charge in [-0.05, 0) is 44.5 Å². The lowest BCUT2D eigenvalue weighted by atomic mass is 10.0. The molecule has 1 aromatic rings. The molecule has 2 saturated heterocycles. The van der Waals surface area contributed by atoms with Gasteiger partial charge in [0.25, 0.3) is 17.7 Å². The van der Waals surface area contributed by atoms with Gasteiger partial charge in [0.2, 0.25) is 5.91 Å². The molecule has 10 heteroatoms. The molecule has 0 aromatic heterocycles. The van der Waals surface area contributed by atoms with Gasteiger partial charge in [0.15, 0.2) is 0 Å². The van der Waals surface area contributed by atoms with E-state index in [1.165, 1.54) is 0 Å². The van der Waals surface area contributed by atoms with Gasteiger partial charge in [-0.1, -0.05) is 13.0 Å². The number of benzene rings is 1. The predicted octanol–water partition coefficient (Wildman–Crippen LogP) is 0.869. The van der Waals surface area contributed by atoms with Crippen LogP contribution in [0.4, 0.5) is 5.69 Å². The van der Waals surface area contributed by atoms with Crippen LogP contribution in [0.1, 0.15) is 53.3 Å². The van der Waals surface area contributed by atoms with E-state index in [2.05, 4.69) is 5.32 Å². The number of nitrogens with one attached hydrogen (secondary N) is 1. The fourth-order valence-electron chi connectivity index (χ4n) is 4.90. The Kier molecular flexibility index (Phi) is 6.46. The molecule has 0 radical (unpaired) electrons. The molecule has 2 fully saturated rings. The van der Waals surface area contributed by atoms with Crippen molar-refractivity contribution >= 4 is 35.3 Å². The minimum Gasteiger partial charge on any atom is -0.463 e. The highest BCUT2D eigenvalue weighted by molar-refractivity contribution is 6.25. The summed E-state index contributed by atoms with van der Waals surface area (Å²) in [4.78, 5) is 68.0. The van der Waals surface area contributed by atoms with E-state index >= 15 is 0 Å². The number of nitrogens with zero attached hydrogens (tertiary/aromatic N) is 3. The second-order valence-corrected chi connectivity index (χ2v) is 8.35. The van der Waals surface area contributed by atoms with Crippen molar-refractivity contribution in [3.8, 4) is 0 Å². The molecule has 10 nitrogen and oxygen atoms in total. The highest BCUT2D eigenvalue weighted by Gasteiger charge is 2.47. The van der Waals surface area contributed by atoms with Crippen LogP contribution in [0.15, 0.2) is 18.2 Å². The van der Waals surface area contributed by atoms with E-state index in [1.54, 1.807) is 25.2 Å². The highest BCUT2D eigenvalue weighted by atomic mass is 16.5. The monoisotopic (exact) mass is 456 g/mol. The summed E-state index contributed by atoms with van der Waals surface area (Å²) in [5.74, 6) is -2.50. The minimum atomic E-state index is -1.07. The number of rotatable bonds is 7. The predicted molar refractivity (Wildman–Crippen MR) is 117 cm³/mol. The first-order valence-corrected chi connectivity index (χ1v) is 11.3. The fraction of sp³-hybridized carbons (Fsp3) is 0.522. The number of hydrogen-bond donors (Lipinski definition) is 1. The Bertz CT molecular complexity index is 1010. The highest BCUT2D eigenvalue weighted by Crippen LogP contribution is 2.33. The summed E-state index contributed by atoms with van der Waals surface area (Å²) in [5, 5.41) is 2.90. The first kappa shape index (κ1) is 22.9. The number of likely N-dealkylation sites (tertiary alicyclic amines) is 2. The van der Waals surface area contributed by atoms with Crippen molar-refractivity contribution in [2.75, 3.05) is 38.6 Å². The average Bonchev–Trinajstić information content (AvgIpc) is 3.39. The van der Waals surface area contributed by atoms with E-state index in [9.17, 15) is 24.0 Å². The van der Waals surface area contributed by atoms with Crippen LogP contribution in [-0.2, 0) is 19.1 Å². The molecule has 176 valence electrons. The molecule has 1 N–H and O–H groups in total. The Hall–Kier alpha value is -3.27. The third-order valence-corrected chi connectivity index (χ3v) is 6.61. The maximum atomic E-state index is 13.1. The number of hydrogen-bond acceptors (Lipinski definition) is 8. The average molecular weight is 456 g/mol. The summed E-state index contributed by atoms with van der Waals surface area (Å²) in [6.07, 6.45) is 1.74. The van der Waals surface area contributed by atoms with Gasteiger partial charge in [-0.15, -0.1) is 0 Å². The number of fused-ring (bicyclic) bond motifs is 1. The molecule has 0 bridgehead atoms. The molecular weight excluding hydrogens is 428 g/mol. The van der Waals surface area contributed by atoms with Gasteiger partial charge in [-0.3, -0.25) is 38.7 Å². The number of likely N-dealkylation sites (N-methyl/N-ethyl adjacent to an activating group) is 1. The number of imide groups is 2. The lowest BCUT2D eigenvalue weighted by Gasteiger charge is -2.34. The molecule has 3 heterocycles. The Morgan fingerprint density at radius 1 is 1.15 bits per heavy atom. The SMILES string of the molecule is CCN1CCC[C@H]1C(=O)OCCN1C(=O)CCC(N2C(=O)c3cccc(NC)c3C2=O)C1=O. The smallest absolute Gasteiger partial charge is 0.323 e. The van der Waals surface area contributed by atoms with Crippen LogP contribution in [0, 0.1) is 0 Å². The Balaban J connectivity index is 1.43. The van der Waals surface area contributed by atoms with Crippen molar-refractivity contribution in [2.24, 2.45) is 0 Å². The number of esters is 1. The van der Waals surface area contributed by atoms with Gasteiger partial charge in [0.05, 0.1) is 17.7 Å². The zero-order valence-corrected chi connectivity index (χ0v) is 18.8. The zero-order chi connectivity index (χ0) is 23.7. The molecule has 0 saturated carbocycles. The molecule has 0 aliphatic carbocycles. The topological polar surface area (TPSA) is 116 Å². The van der Waals surface area contributed by atoms with Crippen LogP contribution < -0.4 is 5.32 Å². The number of amides is 4. The van der Waals surface area contributed by atoms with Gasteiger partial charge in [-0.2, -0.15) is 0 Å². The van der Waals surface area contributed by atoms with E-state index < -0.39 is 29.7 Å². The van der Waals surface area contributed by atoms with Crippen LogP contribution in [0.25, 0.3) is 0 Å². The first-order valence-electron chi connectivity index (χ1n) is 11.3. The van der Waals surface area contributed by atoms with Crippen molar-refractivity contribution in [1.82, 2.24) is 14.7 Å². The third-order valence-electron chi connectivity index (χ3n) is 6.61. The van der Waals surface area contributed by atoms with Gasteiger partial charge in [-0.25, -0.2) is 0 Å². The number of piperidine rings is 1. The standard InChI is InChI=1S/C23H28N4O6/c1-3-25-11-5-8-17(25)23(32)33-13-12-26-18(28)10-9-16(21(26)30)27-20(29)14-6-4-7-15(24-2)19(14)22(27)31/h4,6-7,16-17,24H,3,5,8-13H2,1-2H3/t16?,17-/m0/s1. The maximum absolute atomic E-state index is 13.1. The summed E-state index contributed by atoms with van der Waals surface area (Å²) in [7, 11) is 1.65. The first-order chi connectivity index (χ1) is 15.9. The lowest BCUT2D eigenvalue weighted by Crippen LogP contribution is -2.56. The van der Waals surface area contributed by atoms with Crippen LogP contribution in [0.2, 0.25) is 0 Å². The van der Waals surface area contributed by atoms with Gasteiger partial charge in [0, 0.05) is 19.2 Å². The minimum absolute atomic E-state index is 0.0167. The van der Waals surface area contributed by atoms with Crippen molar-refractivity contribution in [1.29, 1.82) is 0 Å². The molecule has 3 aliphatic heterocycles. The molecule has 4 rings (SSSR count). The summed E-state index contributed by atoms with van der Waals surface area (Å²) in [6, 6.07) is 3.53. The second kappa shape index (κ2) is 9.30. The van der Waals surface area contributed by atoms with E-state index in [0.717, 1.165) is 35.7 Å². The summed E-state index contributed by atoms with van der Waals surface area (Å²) < 4.78 is 5.36. The Morgan fingerprint density at radius 3 is 2.67 bits per heavy atom. The number of ether oxygens (including phenoxy) is 1. The molecule has 1 unspecified atom stereocenters. The normalized spacial score (nSPS) is 23.3. The molecular formula is C23H28N4O6. The van der Waals surface area contributed by atoms with Crippen molar-refractivity contribution < 1.29 is 28.7 Å². The molecule has 2 atom stereocenters. The number of anilines is 1. The van der Waals surface area contributed by atoms with Crippen LogP contribution in [0.5, 0.6) is 0 Å². The van der Waals surface area contributed by atoms with Crippen LogP contribution in [0.3, 0.4) is 0 Å². The number of carbonyl (C=O) groups excluding carboxylic acids is 5. The quantitative estimate of drug-likeness (QED) is 0.475. The zero-order valence-electron chi connectivity index (χ0n) is 18.8. The maximum Gasteiger partial charge on any atom is 0.323 e. The van der Waals surface area contributed by atoms with E-state index in [1.807, 2.05) is 11.8 Å². The van der Waals surface area contributed by atoms with E-state index in [-0.39, 0.29) is 49.1 Å². The van der Waals surface area contributed by atoms with Gasteiger partial charge >= 0.3 is 5.97 Å². The Morgan fingerprint density at radius 2 is 1.94 bits per heavy atom. The number of carbonyl (C=O) groups is 5. The molecule has 33 heavy (non-hydrogen) atoms. The van der Waals surface area contributed by atoms with Gasteiger partial charge < -0.3 is 10.1 Å². The van der Waals surface area contributed by atoms with Crippen LogP contribution >= 0.6 is 0 Å². The molecule has 4 amide bonds. The fourth-order valence-corrected chi connectivity index (χ4v) is 4.90. The van der Waals surface area contributed by atoms with Crippen LogP contribution in [-0.4, -0.2) is 89.7 Å². The largest absolute Gasteiger partial charge is 0.463 e. The Labute approximate surface area is 191 Å². The second-order valence-electron chi connectivity index (χ2n) is 8.35. The van der Waals surface area contributed by atoms with E-state index in [4.69, 9.17) is 4.74 Å². The van der Waals surface area contributed by atoms with Crippen molar-refractivity contribution in [3.63, 3.8) is 0 Å². The summed E-state index contributed by atoms with van der Waals surface area (Å²) in [5.41, 5.74) is 0.964. The summed E-state index contributed by atoms with van der Waals surface area (Å²) >= 11 is 0. The van der Waals surface area contributed by atoms with Gasteiger partial charge in [0.1, 0.15) is 18.7 Å². The lowest BCUT2D eigenvalue weighted by molar-refractivity contribution is -0.157. The van der Waals surface area contributed by atoms with Crippen molar-refractivity contribution in [3.05, 3.63) is 29.3 Å². The molecule has 3 aliphatic rings. The third kappa shape index (κ3) is 3.99. The summed E-state index contributed by atoms with van der Waals surface area (Å²) in [6.45, 7) is 3.35.